The van der Waals surface area contributed by atoms with E-state index in [-0.39, 0.29) is 11.8 Å². The van der Waals surface area contributed by atoms with Gasteiger partial charge in [-0.1, -0.05) is 17.7 Å². The van der Waals surface area contributed by atoms with E-state index in [1.54, 1.807) is 0 Å². The Morgan fingerprint density at radius 3 is 2.31 bits per heavy atom. The summed E-state index contributed by atoms with van der Waals surface area (Å²) in [5.74, 6) is 1.43. The molecule has 1 fully saturated rings. The predicted molar refractivity (Wildman–Crippen MR) is 115 cm³/mol. The van der Waals surface area contributed by atoms with Gasteiger partial charge in [-0.3, -0.25) is 9.59 Å². The van der Waals surface area contributed by atoms with Crippen LogP contribution in [0.3, 0.4) is 0 Å². The summed E-state index contributed by atoms with van der Waals surface area (Å²) in [5, 5.41) is 2.94. The largest absolute Gasteiger partial charge is 0.494 e. The second-order valence-electron chi connectivity index (χ2n) is 7.65. The van der Waals surface area contributed by atoms with Crippen LogP contribution in [-0.4, -0.2) is 36.4 Å². The van der Waals surface area contributed by atoms with Gasteiger partial charge in [0.1, 0.15) is 5.75 Å². The van der Waals surface area contributed by atoms with Crippen LogP contribution in [0.1, 0.15) is 48.5 Å². The van der Waals surface area contributed by atoms with Gasteiger partial charge < -0.3 is 15.0 Å². The fourth-order valence-corrected chi connectivity index (χ4v) is 3.66. The van der Waals surface area contributed by atoms with Crippen LogP contribution in [0.2, 0.25) is 0 Å². The molecule has 1 aliphatic rings. The molecule has 1 N–H and O–H groups in total. The molecule has 2 aromatic rings. The van der Waals surface area contributed by atoms with Crippen molar-refractivity contribution in [3.05, 3.63) is 59.7 Å². The van der Waals surface area contributed by atoms with Crippen LogP contribution in [0.15, 0.2) is 48.5 Å². The molecule has 0 aliphatic carbocycles. The van der Waals surface area contributed by atoms with E-state index in [0.717, 1.165) is 54.9 Å². The zero-order chi connectivity index (χ0) is 20.6. The Kier molecular flexibility index (Phi) is 7.28. The lowest BCUT2D eigenvalue weighted by Crippen LogP contribution is -2.38. The lowest BCUT2D eigenvalue weighted by Gasteiger charge is -2.32. The number of amides is 2. The average Bonchev–Trinajstić information content (AvgIpc) is 2.74. The SMILES string of the molecule is CCOc1ccc(NC(=O)CCC2CCN(C(=O)c3ccc(C)cc3)CC2)cc1. The lowest BCUT2D eigenvalue weighted by molar-refractivity contribution is -0.116. The highest BCUT2D eigenvalue weighted by Crippen LogP contribution is 2.24. The maximum Gasteiger partial charge on any atom is 0.253 e. The molecule has 2 amide bonds. The maximum atomic E-state index is 12.6. The lowest BCUT2D eigenvalue weighted by atomic mass is 9.91. The van der Waals surface area contributed by atoms with Crippen molar-refractivity contribution in [1.82, 2.24) is 4.90 Å². The van der Waals surface area contributed by atoms with E-state index in [1.807, 2.05) is 67.3 Å². The van der Waals surface area contributed by atoms with Crippen molar-refractivity contribution >= 4 is 17.5 Å². The van der Waals surface area contributed by atoms with Crippen LogP contribution in [0.5, 0.6) is 5.75 Å². The van der Waals surface area contributed by atoms with Crippen molar-refractivity contribution in [1.29, 1.82) is 0 Å². The summed E-state index contributed by atoms with van der Waals surface area (Å²) in [6.45, 7) is 6.11. The Balaban J connectivity index is 1.39. The monoisotopic (exact) mass is 394 g/mol. The first-order chi connectivity index (χ1) is 14.0. The molecule has 3 rings (SSSR count). The third-order valence-corrected chi connectivity index (χ3v) is 5.43. The summed E-state index contributed by atoms with van der Waals surface area (Å²) in [6, 6.07) is 15.2. The molecule has 0 radical (unpaired) electrons. The quantitative estimate of drug-likeness (QED) is 0.743. The molecule has 0 unspecified atom stereocenters. The van der Waals surface area contributed by atoms with Crippen LogP contribution in [0, 0.1) is 12.8 Å². The second-order valence-corrected chi connectivity index (χ2v) is 7.65. The first kappa shape index (κ1) is 20.9. The molecule has 5 nitrogen and oxygen atoms in total. The van der Waals surface area contributed by atoms with Gasteiger partial charge in [-0.25, -0.2) is 0 Å². The molecule has 2 aromatic carbocycles. The van der Waals surface area contributed by atoms with Gasteiger partial charge in [0.15, 0.2) is 0 Å². The number of anilines is 1. The van der Waals surface area contributed by atoms with Gasteiger partial charge in [0.2, 0.25) is 5.91 Å². The molecule has 0 bridgehead atoms. The third-order valence-electron chi connectivity index (χ3n) is 5.43. The van der Waals surface area contributed by atoms with Crippen LogP contribution >= 0.6 is 0 Å². The van der Waals surface area contributed by atoms with E-state index in [4.69, 9.17) is 4.74 Å². The maximum absolute atomic E-state index is 12.6. The van der Waals surface area contributed by atoms with E-state index in [1.165, 1.54) is 0 Å². The number of likely N-dealkylation sites (tertiary alicyclic amines) is 1. The molecule has 1 heterocycles. The molecule has 1 aliphatic heterocycles. The van der Waals surface area contributed by atoms with E-state index in [9.17, 15) is 9.59 Å². The van der Waals surface area contributed by atoms with Crippen molar-refractivity contribution in [2.24, 2.45) is 5.92 Å². The Hall–Kier alpha value is -2.82. The van der Waals surface area contributed by atoms with Crippen LogP contribution < -0.4 is 10.1 Å². The normalized spacial score (nSPS) is 14.5. The van der Waals surface area contributed by atoms with Crippen molar-refractivity contribution in [3.8, 4) is 5.75 Å². The number of carbonyl (C=O) groups is 2. The zero-order valence-corrected chi connectivity index (χ0v) is 17.3. The highest BCUT2D eigenvalue weighted by Gasteiger charge is 2.24. The first-order valence-electron chi connectivity index (χ1n) is 10.4. The summed E-state index contributed by atoms with van der Waals surface area (Å²) in [4.78, 5) is 26.8. The number of hydrogen-bond donors (Lipinski definition) is 1. The molecule has 154 valence electrons. The van der Waals surface area contributed by atoms with Crippen LogP contribution in [0.4, 0.5) is 5.69 Å². The summed E-state index contributed by atoms with van der Waals surface area (Å²) in [7, 11) is 0. The standard InChI is InChI=1S/C24H30N2O3/c1-3-29-22-11-9-21(10-12-22)25-23(27)13-6-19-14-16-26(17-15-19)24(28)20-7-4-18(2)5-8-20/h4-5,7-12,19H,3,6,13-17H2,1-2H3,(H,25,27). The number of hydrogen-bond acceptors (Lipinski definition) is 3. The van der Waals surface area contributed by atoms with Crippen molar-refractivity contribution in [2.75, 3.05) is 25.0 Å². The highest BCUT2D eigenvalue weighted by atomic mass is 16.5. The Morgan fingerprint density at radius 2 is 1.69 bits per heavy atom. The van der Waals surface area contributed by atoms with Gasteiger partial charge in [0, 0.05) is 30.8 Å². The first-order valence-corrected chi connectivity index (χ1v) is 10.4. The fraction of sp³-hybridized carbons (Fsp3) is 0.417. The number of carbonyl (C=O) groups excluding carboxylic acids is 2. The number of aryl methyl sites for hydroxylation is 1. The van der Waals surface area contributed by atoms with E-state index >= 15 is 0 Å². The summed E-state index contributed by atoms with van der Waals surface area (Å²) in [5.41, 5.74) is 2.70. The molecule has 29 heavy (non-hydrogen) atoms. The molecule has 5 heteroatoms. The highest BCUT2D eigenvalue weighted by molar-refractivity contribution is 5.94. The van der Waals surface area contributed by atoms with Gasteiger partial charge in [-0.15, -0.1) is 0 Å². The van der Waals surface area contributed by atoms with Gasteiger partial charge >= 0.3 is 0 Å². The zero-order valence-electron chi connectivity index (χ0n) is 17.3. The smallest absolute Gasteiger partial charge is 0.253 e. The van der Waals surface area contributed by atoms with Crippen molar-refractivity contribution < 1.29 is 14.3 Å². The van der Waals surface area contributed by atoms with E-state index < -0.39 is 0 Å². The summed E-state index contributed by atoms with van der Waals surface area (Å²) in [6.07, 6.45) is 3.26. The third kappa shape index (κ3) is 6.08. The molecule has 0 aromatic heterocycles. The molecular weight excluding hydrogens is 364 g/mol. The number of piperidine rings is 1. The molecule has 0 saturated carbocycles. The van der Waals surface area contributed by atoms with E-state index in [0.29, 0.717) is 18.9 Å². The number of rotatable bonds is 7. The van der Waals surface area contributed by atoms with Gasteiger partial charge in [-0.2, -0.15) is 0 Å². The molecule has 0 spiro atoms. The van der Waals surface area contributed by atoms with Gasteiger partial charge in [-0.05, 0) is 75.4 Å². The molecular formula is C24H30N2O3. The Bertz CT molecular complexity index is 807. The van der Waals surface area contributed by atoms with Gasteiger partial charge in [0.25, 0.3) is 5.91 Å². The minimum Gasteiger partial charge on any atom is -0.494 e. The fourth-order valence-electron chi connectivity index (χ4n) is 3.66. The molecule has 0 atom stereocenters. The summed E-state index contributed by atoms with van der Waals surface area (Å²) >= 11 is 0. The molecule has 1 saturated heterocycles. The number of benzene rings is 2. The number of nitrogens with one attached hydrogen (secondary N) is 1. The van der Waals surface area contributed by atoms with Crippen molar-refractivity contribution in [2.45, 2.75) is 39.5 Å². The number of nitrogens with zero attached hydrogens (tertiary/aromatic N) is 1. The Labute approximate surface area is 173 Å². The van der Waals surface area contributed by atoms with E-state index in [2.05, 4.69) is 5.32 Å². The predicted octanol–water partition coefficient (Wildman–Crippen LogP) is 4.66. The van der Waals surface area contributed by atoms with Crippen molar-refractivity contribution in [3.63, 3.8) is 0 Å². The minimum atomic E-state index is 0.0346. The van der Waals surface area contributed by atoms with Crippen LogP contribution in [-0.2, 0) is 4.79 Å². The second kappa shape index (κ2) is 10.1. The average molecular weight is 395 g/mol. The number of ether oxygens (including phenoxy) is 1. The minimum absolute atomic E-state index is 0.0346. The topological polar surface area (TPSA) is 58.6 Å². The van der Waals surface area contributed by atoms with Gasteiger partial charge in [0.05, 0.1) is 6.61 Å². The van der Waals surface area contributed by atoms with Crippen LogP contribution in [0.25, 0.3) is 0 Å². The summed E-state index contributed by atoms with van der Waals surface area (Å²) < 4.78 is 5.41. The Morgan fingerprint density at radius 1 is 1.03 bits per heavy atom.